The van der Waals surface area contributed by atoms with Crippen molar-refractivity contribution in [2.45, 2.75) is 32.6 Å². The molecule has 0 saturated carbocycles. The Morgan fingerprint density at radius 1 is 1.38 bits per heavy atom. The molecule has 72 valence electrons. The Labute approximate surface area is 84.9 Å². The van der Waals surface area contributed by atoms with Crippen molar-refractivity contribution >= 4 is 17.3 Å². The molecule has 1 aromatic rings. The quantitative estimate of drug-likeness (QED) is 0.721. The van der Waals surface area contributed by atoms with Crippen molar-refractivity contribution < 1.29 is 0 Å². The van der Waals surface area contributed by atoms with Crippen molar-refractivity contribution in [3.63, 3.8) is 0 Å². The Bertz CT molecular complexity index is 305. The van der Waals surface area contributed by atoms with Gasteiger partial charge in [-0.2, -0.15) is 0 Å². The molecule has 13 heavy (non-hydrogen) atoms. The fourth-order valence-electron chi connectivity index (χ4n) is 1.17. The molecule has 0 bridgehead atoms. The van der Waals surface area contributed by atoms with Crippen LogP contribution in [-0.2, 0) is 5.41 Å². The molecule has 1 nitrogen and oxygen atoms in total. The van der Waals surface area contributed by atoms with Gasteiger partial charge in [-0.15, -0.1) is 0 Å². The number of halogens is 1. The summed E-state index contributed by atoms with van der Waals surface area (Å²) in [5, 5.41) is 0.635. The monoisotopic (exact) mass is 197 g/mol. The smallest absolute Gasteiger partial charge is 0.0635 e. The molecular formula is C11H16ClN. The molecule has 2 N–H and O–H groups in total. The van der Waals surface area contributed by atoms with Gasteiger partial charge >= 0.3 is 0 Å². The third kappa shape index (κ3) is 2.16. The van der Waals surface area contributed by atoms with Gasteiger partial charge < -0.3 is 5.73 Å². The lowest BCUT2D eigenvalue weighted by Crippen LogP contribution is -2.15. The van der Waals surface area contributed by atoms with Gasteiger partial charge in [-0.25, -0.2) is 0 Å². The maximum Gasteiger partial charge on any atom is 0.0635 e. The van der Waals surface area contributed by atoms with E-state index in [9.17, 15) is 0 Å². The van der Waals surface area contributed by atoms with Crippen LogP contribution < -0.4 is 5.73 Å². The molecule has 2 heteroatoms. The second-order valence-electron chi connectivity index (χ2n) is 3.97. The summed E-state index contributed by atoms with van der Waals surface area (Å²) in [6.45, 7) is 6.58. The highest BCUT2D eigenvalue weighted by Crippen LogP contribution is 2.30. The molecule has 0 saturated heterocycles. The standard InChI is InChI=1S/C11H16ClN/c1-4-11(2,3)8-5-6-9(12)10(13)7-8/h5-7H,4,13H2,1-3H3. The second kappa shape index (κ2) is 3.59. The Balaban J connectivity index is 3.10. The fourth-order valence-corrected chi connectivity index (χ4v) is 1.29. The van der Waals surface area contributed by atoms with Crippen LogP contribution in [0.4, 0.5) is 5.69 Å². The van der Waals surface area contributed by atoms with Gasteiger partial charge in [-0.05, 0) is 29.5 Å². The topological polar surface area (TPSA) is 26.0 Å². The predicted octanol–water partition coefficient (Wildman–Crippen LogP) is 3.61. The maximum atomic E-state index is 5.85. The molecule has 0 fully saturated rings. The highest BCUT2D eigenvalue weighted by molar-refractivity contribution is 6.33. The molecule has 0 atom stereocenters. The van der Waals surface area contributed by atoms with Gasteiger partial charge in [-0.1, -0.05) is 38.4 Å². The summed E-state index contributed by atoms with van der Waals surface area (Å²) in [5.41, 5.74) is 7.83. The summed E-state index contributed by atoms with van der Waals surface area (Å²) >= 11 is 5.85. The van der Waals surface area contributed by atoms with Crippen LogP contribution in [0.5, 0.6) is 0 Å². The zero-order valence-corrected chi connectivity index (χ0v) is 9.15. The largest absolute Gasteiger partial charge is 0.398 e. The summed E-state index contributed by atoms with van der Waals surface area (Å²) in [6, 6.07) is 5.87. The van der Waals surface area contributed by atoms with Crippen LogP contribution >= 0.6 is 11.6 Å². The number of rotatable bonds is 2. The minimum Gasteiger partial charge on any atom is -0.398 e. The van der Waals surface area contributed by atoms with E-state index in [1.165, 1.54) is 5.56 Å². The number of nitrogen functional groups attached to an aromatic ring is 1. The molecular weight excluding hydrogens is 182 g/mol. The van der Waals surface area contributed by atoms with Crippen LogP contribution in [0, 0.1) is 0 Å². The molecule has 0 unspecified atom stereocenters. The number of hydrogen-bond donors (Lipinski definition) is 1. The van der Waals surface area contributed by atoms with Crippen molar-refractivity contribution in [3.8, 4) is 0 Å². The summed E-state index contributed by atoms with van der Waals surface area (Å²) in [5.74, 6) is 0. The molecule has 0 heterocycles. The van der Waals surface area contributed by atoms with Gasteiger partial charge in [0.1, 0.15) is 0 Å². The van der Waals surface area contributed by atoms with Crippen molar-refractivity contribution in [1.29, 1.82) is 0 Å². The molecule has 0 spiro atoms. The minimum absolute atomic E-state index is 0.179. The van der Waals surface area contributed by atoms with E-state index in [4.69, 9.17) is 17.3 Å². The normalized spacial score (nSPS) is 11.7. The third-order valence-electron chi connectivity index (χ3n) is 2.66. The lowest BCUT2D eigenvalue weighted by Gasteiger charge is -2.23. The number of nitrogens with two attached hydrogens (primary N) is 1. The lowest BCUT2D eigenvalue weighted by atomic mass is 9.82. The average molecular weight is 198 g/mol. The highest BCUT2D eigenvalue weighted by Gasteiger charge is 2.18. The molecule has 0 aliphatic rings. The second-order valence-corrected chi connectivity index (χ2v) is 4.38. The molecule has 0 amide bonds. The first kappa shape index (κ1) is 10.4. The number of hydrogen-bond acceptors (Lipinski definition) is 1. The summed E-state index contributed by atoms with van der Waals surface area (Å²) in [6.07, 6.45) is 1.09. The minimum atomic E-state index is 0.179. The maximum absolute atomic E-state index is 5.85. The molecule has 1 rings (SSSR count). The van der Waals surface area contributed by atoms with Gasteiger partial charge in [-0.3, -0.25) is 0 Å². The SMILES string of the molecule is CCC(C)(C)c1ccc(Cl)c(N)c1. The Kier molecular flexibility index (Phi) is 2.87. The van der Waals surface area contributed by atoms with Crippen LogP contribution in [0.1, 0.15) is 32.8 Å². The molecule has 0 aromatic heterocycles. The van der Waals surface area contributed by atoms with E-state index in [0.717, 1.165) is 6.42 Å². The molecule has 1 aromatic carbocycles. The van der Waals surface area contributed by atoms with Crippen molar-refractivity contribution in [3.05, 3.63) is 28.8 Å². The van der Waals surface area contributed by atoms with Gasteiger partial charge in [0.15, 0.2) is 0 Å². The van der Waals surface area contributed by atoms with Crippen LogP contribution in [0.15, 0.2) is 18.2 Å². The van der Waals surface area contributed by atoms with E-state index < -0.39 is 0 Å². The van der Waals surface area contributed by atoms with E-state index in [2.05, 4.69) is 20.8 Å². The van der Waals surface area contributed by atoms with Gasteiger partial charge in [0, 0.05) is 0 Å². The number of benzene rings is 1. The van der Waals surface area contributed by atoms with E-state index in [1.54, 1.807) is 0 Å². The number of anilines is 1. The molecule has 0 aliphatic carbocycles. The first-order valence-electron chi connectivity index (χ1n) is 4.53. The van der Waals surface area contributed by atoms with E-state index in [1.807, 2.05) is 18.2 Å². The molecule has 0 radical (unpaired) electrons. The van der Waals surface area contributed by atoms with E-state index in [-0.39, 0.29) is 5.41 Å². The predicted molar refractivity (Wildman–Crippen MR) is 59.2 cm³/mol. The van der Waals surface area contributed by atoms with Crippen molar-refractivity contribution in [2.24, 2.45) is 0 Å². The van der Waals surface area contributed by atoms with Crippen LogP contribution in [0.25, 0.3) is 0 Å². The fraction of sp³-hybridized carbons (Fsp3) is 0.455. The van der Waals surface area contributed by atoms with Crippen LogP contribution in [0.2, 0.25) is 5.02 Å². The van der Waals surface area contributed by atoms with Gasteiger partial charge in [0.25, 0.3) is 0 Å². The first-order chi connectivity index (χ1) is 5.97. The average Bonchev–Trinajstić information content (AvgIpc) is 2.09. The Morgan fingerprint density at radius 2 is 2.00 bits per heavy atom. The van der Waals surface area contributed by atoms with E-state index >= 15 is 0 Å². The summed E-state index contributed by atoms with van der Waals surface area (Å²) in [4.78, 5) is 0. The van der Waals surface area contributed by atoms with Crippen LogP contribution in [-0.4, -0.2) is 0 Å². The zero-order valence-electron chi connectivity index (χ0n) is 8.39. The third-order valence-corrected chi connectivity index (χ3v) is 3.01. The van der Waals surface area contributed by atoms with Crippen LogP contribution in [0.3, 0.4) is 0 Å². The van der Waals surface area contributed by atoms with E-state index in [0.29, 0.717) is 10.7 Å². The van der Waals surface area contributed by atoms with Gasteiger partial charge in [0.2, 0.25) is 0 Å². The summed E-state index contributed by atoms with van der Waals surface area (Å²) < 4.78 is 0. The van der Waals surface area contributed by atoms with Crippen molar-refractivity contribution in [1.82, 2.24) is 0 Å². The Hall–Kier alpha value is -0.690. The molecule has 0 aliphatic heterocycles. The lowest BCUT2D eigenvalue weighted by molar-refractivity contribution is 0.506. The Morgan fingerprint density at radius 3 is 2.46 bits per heavy atom. The van der Waals surface area contributed by atoms with Gasteiger partial charge in [0.05, 0.1) is 10.7 Å². The summed E-state index contributed by atoms with van der Waals surface area (Å²) in [7, 11) is 0. The highest BCUT2D eigenvalue weighted by atomic mass is 35.5. The van der Waals surface area contributed by atoms with Crippen molar-refractivity contribution in [2.75, 3.05) is 5.73 Å². The first-order valence-corrected chi connectivity index (χ1v) is 4.90. The zero-order chi connectivity index (χ0) is 10.1.